The molecule has 1 saturated carbocycles. The predicted molar refractivity (Wildman–Crippen MR) is 103 cm³/mol. The molecule has 2 heterocycles. The van der Waals surface area contributed by atoms with Crippen molar-refractivity contribution in [3.63, 3.8) is 0 Å². The third-order valence-electron chi connectivity index (χ3n) is 5.84. The molecule has 0 unspecified atom stereocenters. The smallest absolute Gasteiger partial charge is 0.270 e. The van der Waals surface area contributed by atoms with Crippen molar-refractivity contribution in [1.29, 1.82) is 0 Å². The standard InChI is InChI=1S/C20H24N4O4/c1-28-15-6-4-14(5-7-15)24-18(26)12-23(13-20(24)10-2-3-11-20)19(27)16-8-9-17(25)22-21-16/h4-7H,2-3,8-13H2,1H3,(H,22,25). The maximum Gasteiger partial charge on any atom is 0.270 e. The number of methoxy groups -OCH3 is 1. The van der Waals surface area contributed by atoms with E-state index in [1.165, 1.54) is 0 Å². The summed E-state index contributed by atoms with van der Waals surface area (Å²) in [5.41, 5.74) is 3.13. The Balaban J connectivity index is 1.60. The quantitative estimate of drug-likeness (QED) is 0.854. The molecule has 1 spiro atoms. The molecule has 8 heteroatoms. The number of piperazine rings is 1. The Kier molecular flexibility index (Phi) is 4.78. The number of nitrogens with one attached hydrogen (secondary N) is 1. The number of hydrogen-bond acceptors (Lipinski definition) is 5. The lowest BCUT2D eigenvalue weighted by Crippen LogP contribution is -2.66. The van der Waals surface area contributed by atoms with Crippen molar-refractivity contribution in [2.75, 3.05) is 25.1 Å². The minimum Gasteiger partial charge on any atom is -0.497 e. The van der Waals surface area contributed by atoms with Crippen LogP contribution >= 0.6 is 0 Å². The van der Waals surface area contributed by atoms with E-state index in [0.29, 0.717) is 18.7 Å². The lowest BCUT2D eigenvalue weighted by Gasteiger charge is -2.49. The molecule has 3 aliphatic rings. The summed E-state index contributed by atoms with van der Waals surface area (Å²) in [6, 6.07) is 7.49. The molecule has 0 radical (unpaired) electrons. The molecule has 1 N–H and O–H groups in total. The van der Waals surface area contributed by atoms with E-state index in [9.17, 15) is 14.4 Å². The van der Waals surface area contributed by atoms with Crippen LogP contribution in [-0.2, 0) is 14.4 Å². The van der Waals surface area contributed by atoms with Gasteiger partial charge in [-0.2, -0.15) is 5.10 Å². The van der Waals surface area contributed by atoms with Crippen LogP contribution in [0, 0.1) is 0 Å². The maximum atomic E-state index is 13.2. The molecule has 1 aromatic carbocycles. The molecule has 1 aliphatic carbocycles. The Morgan fingerprint density at radius 3 is 2.46 bits per heavy atom. The summed E-state index contributed by atoms with van der Waals surface area (Å²) in [7, 11) is 1.61. The third-order valence-corrected chi connectivity index (χ3v) is 5.84. The first kappa shape index (κ1) is 18.5. The van der Waals surface area contributed by atoms with E-state index in [4.69, 9.17) is 4.74 Å². The van der Waals surface area contributed by atoms with Gasteiger partial charge in [0.2, 0.25) is 11.8 Å². The normalized spacial score (nSPS) is 21.5. The van der Waals surface area contributed by atoms with Crippen molar-refractivity contribution in [2.24, 2.45) is 5.10 Å². The Morgan fingerprint density at radius 2 is 1.86 bits per heavy atom. The maximum absolute atomic E-state index is 13.2. The van der Waals surface area contributed by atoms with Crippen molar-refractivity contribution >= 4 is 29.1 Å². The zero-order valence-corrected chi connectivity index (χ0v) is 15.9. The fourth-order valence-corrected chi connectivity index (χ4v) is 4.50. The first-order chi connectivity index (χ1) is 13.5. The van der Waals surface area contributed by atoms with Crippen LogP contribution in [0.5, 0.6) is 5.75 Å². The summed E-state index contributed by atoms with van der Waals surface area (Å²) < 4.78 is 5.22. The van der Waals surface area contributed by atoms with Gasteiger partial charge in [0.25, 0.3) is 5.91 Å². The Hall–Kier alpha value is -2.90. The number of nitrogens with zero attached hydrogens (tertiary/aromatic N) is 3. The summed E-state index contributed by atoms with van der Waals surface area (Å²) in [5.74, 6) is 0.202. The van der Waals surface area contributed by atoms with E-state index in [-0.39, 0.29) is 30.7 Å². The Morgan fingerprint density at radius 1 is 1.14 bits per heavy atom. The van der Waals surface area contributed by atoms with Crippen LogP contribution in [0.1, 0.15) is 38.5 Å². The molecule has 2 fully saturated rings. The number of ether oxygens (including phenoxy) is 1. The lowest BCUT2D eigenvalue weighted by atomic mass is 9.90. The van der Waals surface area contributed by atoms with Gasteiger partial charge in [-0.15, -0.1) is 0 Å². The third kappa shape index (κ3) is 3.23. The molecular weight excluding hydrogens is 360 g/mol. The number of amides is 3. The van der Waals surface area contributed by atoms with Crippen molar-refractivity contribution in [3.8, 4) is 5.75 Å². The molecule has 0 atom stereocenters. The van der Waals surface area contributed by atoms with Gasteiger partial charge < -0.3 is 14.5 Å². The Bertz CT molecular complexity index is 827. The molecule has 3 amide bonds. The van der Waals surface area contributed by atoms with Crippen LogP contribution < -0.4 is 15.1 Å². The summed E-state index contributed by atoms with van der Waals surface area (Å²) in [5, 5.41) is 3.91. The van der Waals surface area contributed by atoms with Crippen molar-refractivity contribution in [2.45, 2.75) is 44.1 Å². The van der Waals surface area contributed by atoms with E-state index < -0.39 is 5.54 Å². The highest BCUT2D eigenvalue weighted by molar-refractivity contribution is 6.39. The van der Waals surface area contributed by atoms with Crippen LogP contribution in [0.15, 0.2) is 29.4 Å². The van der Waals surface area contributed by atoms with Crippen LogP contribution in [-0.4, -0.2) is 54.1 Å². The summed E-state index contributed by atoms with van der Waals surface area (Å²) in [6.45, 7) is 0.496. The van der Waals surface area contributed by atoms with E-state index >= 15 is 0 Å². The minimum absolute atomic E-state index is 0.0135. The molecule has 8 nitrogen and oxygen atoms in total. The monoisotopic (exact) mass is 384 g/mol. The van der Waals surface area contributed by atoms with Crippen LogP contribution in [0.4, 0.5) is 5.69 Å². The molecule has 0 aromatic heterocycles. The zero-order chi connectivity index (χ0) is 19.7. The second-order valence-corrected chi connectivity index (χ2v) is 7.61. The van der Waals surface area contributed by atoms with Crippen molar-refractivity contribution < 1.29 is 19.1 Å². The van der Waals surface area contributed by atoms with Crippen LogP contribution in [0.3, 0.4) is 0 Å². The molecule has 0 bridgehead atoms. The first-order valence-electron chi connectivity index (χ1n) is 9.64. The fraction of sp³-hybridized carbons (Fsp3) is 0.500. The number of benzene rings is 1. The minimum atomic E-state index is -0.391. The zero-order valence-electron chi connectivity index (χ0n) is 15.9. The topological polar surface area (TPSA) is 91.3 Å². The number of carbonyl (C=O) groups is 3. The van der Waals surface area contributed by atoms with Gasteiger partial charge in [-0.05, 0) is 37.1 Å². The molecule has 2 aliphatic heterocycles. The number of hydrogen-bond donors (Lipinski definition) is 1. The van der Waals surface area contributed by atoms with Gasteiger partial charge in [-0.3, -0.25) is 14.4 Å². The number of anilines is 1. The fourth-order valence-electron chi connectivity index (χ4n) is 4.50. The van der Waals surface area contributed by atoms with Gasteiger partial charge in [0, 0.05) is 25.1 Å². The molecule has 28 heavy (non-hydrogen) atoms. The average Bonchev–Trinajstić information content (AvgIpc) is 3.16. The van der Waals surface area contributed by atoms with E-state index in [1.54, 1.807) is 12.0 Å². The summed E-state index contributed by atoms with van der Waals surface area (Å²) in [4.78, 5) is 40.9. The van der Waals surface area contributed by atoms with E-state index in [0.717, 1.165) is 37.1 Å². The lowest BCUT2D eigenvalue weighted by molar-refractivity contribution is -0.135. The van der Waals surface area contributed by atoms with Gasteiger partial charge in [-0.1, -0.05) is 12.8 Å². The van der Waals surface area contributed by atoms with Crippen LogP contribution in [0.25, 0.3) is 0 Å². The summed E-state index contributed by atoms with van der Waals surface area (Å²) >= 11 is 0. The Labute approximate surface area is 163 Å². The SMILES string of the molecule is COc1ccc(N2C(=O)CN(C(=O)C3=NNC(=O)CC3)CC23CCCC3)cc1. The highest BCUT2D eigenvalue weighted by Crippen LogP contribution is 2.41. The molecule has 148 valence electrons. The molecular formula is C20H24N4O4. The average molecular weight is 384 g/mol. The number of rotatable bonds is 3. The number of hydrazone groups is 1. The molecule has 1 saturated heterocycles. The van der Waals surface area contributed by atoms with Crippen LogP contribution in [0.2, 0.25) is 0 Å². The predicted octanol–water partition coefficient (Wildman–Crippen LogP) is 1.45. The van der Waals surface area contributed by atoms with Gasteiger partial charge in [0.15, 0.2) is 0 Å². The highest BCUT2D eigenvalue weighted by Gasteiger charge is 2.49. The first-order valence-corrected chi connectivity index (χ1v) is 9.64. The van der Waals surface area contributed by atoms with Gasteiger partial charge in [0.1, 0.15) is 18.0 Å². The second-order valence-electron chi connectivity index (χ2n) is 7.61. The van der Waals surface area contributed by atoms with Crippen molar-refractivity contribution in [1.82, 2.24) is 10.3 Å². The largest absolute Gasteiger partial charge is 0.497 e. The van der Waals surface area contributed by atoms with E-state index in [2.05, 4.69) is 10.5 Å². The number of carbonyl (C=O) groups excluding carboxylic acids is 3. The molecule has 1 aromatic rings. The highest BCUT2D eigenvalue weighted by atomic mass is 16.5. The van der Waals surface area contributed by atoms with Gasteiger partial charge in [0.05, 0.1) is 12.6 Å². The molecule has 4 rings (SSSR count). The van der Waals surface area contributed by atoms with E-state index in [1.807, 2.05) is 29.2 Å². The second kappa shape index (κ2) is 7.26. The van der Waals surface area contributed by atoms with Gasteiger partial charge in [-0.25, -0.2) is 5.43 Å². The van der Waals surface area contributed by atoms with Crippen molar-refractivity contribution in [3.05, 3.63) is 24.3 Å². The van der Waals surface area contributed by atoms with Gasteiger partial charge >= 0.3 is 0 Å². The summed E-state index contributed by atoms with van der Waals surface area (Å²) in [6.07, 6.45) is 4.33.